The molecule has 0 bridgehead atoms. The van der Waals surface area contributed by atoms with Crippen LogP contribution in [0.15, 0.2) is 76.9 Å². The van der Waals surface area contributed by atoms with Crippen molar-refractivity contribution in [3.8, 4) is 11.5 Å². The number of benzene rings is 3. The minimum Gasteiger partial charge on any atom is -0.508 e. The molecule has 0 aromatic heterocycles. The molecule has 1 atom stereocenters. The first-order chi connectivity index (χ1) is 16.5. The minimum absolute atomic E-state index is 0.0443. The van der Waals surface area contributed by atoms with Crippen LogP contribution in [-0.4, -0.2) is 32.0 Å². The van der Waals surface area contributed by atoms with E-state index in [1.807, 2.05) is 30.3 Å². The largest absolute Gasteiger partial charge is 0.508 e. The Balaban J connectivity index is 1.78. The van der Waals surface area contributed by atoms with E-state index < -0.39 is 6.04 Å². The molecule has 4 rings (SSSR count). The van der Waals surface area contributed by atoms with Crippen LogP contribution in [0.1, 0.15) is 60.9 Å². The lowest BCUT2D eigenvalue weighted by molar-refractivity contribution is -0.0352. The lowest BCUT2D eigenvalue weighted by atomic mass is 9.92. The van der Waals surface area contributed by atoms with Crippen molar-refractivity contribution < 1.29 is 15.4 Å². The maximum absolute atomic E-state index is 11.4. The lowest BCUT2D eigenvalue weighted by Crippen LogP contribution is -2.39. The minimum atomic E-state index is -0.833. The van der Waals surface area contributed by atoms with Gasteiger partial charge in [-0.3, -0.25) is 5.21 Å². The average Bonchev–Trinajstić information content (AvgIpc) is 2.84. The number of hydrogen-bond acceptors (Lipinski definition) is 6. The number of hydroxylamine groups is 2. The number of hydrogen-bond donors (Lipinski definition) is 3. The quantitative estimate of drug-likeness (QED) is 0.324. The van der Waals surface area contributed by atoms with E-state index in [2.05, 4.69) is 17.1 Å². The van der Waals surface area contributed by atoms with Crippen molar-refractivity contribution in [2.24, 2.45) is 10.2 Å². The van der Waals surface area contributed by atoms with Gasteiger partial charge in [-0.2, -0.15) is 5.10 Å². The normalized spacial score (nSPS) is 15.7. The van der Waals surface area contributed by atoms with Gasteiger partial charge in [0.15, 0.2) is 5.84 Å². The van der Waals surface area contributed by atoms with Gasteiger partial charge in [-0.1, -0.05) is 68.1 Å². The Morgan fingerprint density at radius 3 is 2.29 bits per heavy atom. The highest BCUT2D eigenvalue weighted by Crippen LogP contribution is 2.38. The lowest BCUT2D eigenvalue weighted by Gasteiger charge is -2.32. The summed E-state index contributed by atoms with van der Waals surface area (Å²) in [5.74, 6) is 0.154. The van der Waals surface area contributed by atoms with E-state index in [1.54, 1.807) is 30.3 Å². The third-order valence-electron chi connectivity index (χ3n) is 5.97. The van der Waals surface area contributed by atoms with Crippen molar-refractivity contribution >= 4 is 23.1 Å². The van der Waals surface area contributed by atoms with Crippen LogP contribution >= 0.6 is 11.6 Å². The Morgan fingerprint density at radius 1 is 0.853 bits per heavy atom. The highest BCUT2D eigenvalue weighted by molar-refractivity contribution is 6.30. The second-order valence-corrected chi connectivity index (χ2v) is 8.82. The first kappa shape index (κ1) is 23.8. The molecule has 1 heterocycles. The number of aryl methyl sites for hydroxylation is 1. The average molecular weight is 478 g/mol. The number of unbranched alkanes of at least 4 members (excludes halogenated alkanes) is 3. The zero-order valence-corrected chi connectivity index (χ0v) is 19.8. The fraction of sp³-hybridized carbons (Fsp3) is 0.259. The molecule has 3 N–H and O–H groups in total. The second kappa shape index (κ2) is 10.7. The fourth-order valence-electron chi connectivity index (χ4n) is 4.13. The van der Waals surface area contributed by atoms with Crippen molar-refractivity contribution in [3.63, 3.8) is 0 Å². The van der Waals surface area contributed by atoms with Crippen LogP contribution in [0.4, 0.5) is 0 Å². The molecule has 1 aliphatic heterocycles. The van der Waals surface area contributed by atoms with Gasteiger partial charge in [0, 0.05) is 27.8 Å². The van der Waals surface area contributed by atoms with Crippen molar-refractivity contribution in [3.05, 3.63) is 94.0 Å². The Labute approximate surface area is 204 Å². The molecule has 0 radical (unpaired) electrons. The molecule has 3 aromatic carbocycles. The van der Waals surface area contributed by atoms with Gasteiger partial charge in [-0.05, 0) is 48.7 Å². The highest BCUT2D eigenvalue weighted by atomic mass is 35.5. The van der Waals surface area contributed by atoms with Crippen molar-refractivity contribution in [1.82, 2.24) is 5.06 Å². The molecule has 1 unspecified atom stereocenters. The van der Waals surface area contributed by atoms with E-state index in [0.717, 1.165) is 41.9 Å². The zero-order chi connectivity index (χ0) is 24.1. The second-order valence-electron chi connectivity index (χ2n) is 8.38. The van der Waals surface area contributed by atoms with Crippen LogP contribution in [-0.2, 0) is 6.42 Å². The summed E-state index contributed by atoms with van der Waals surface area (Å²) in [5.41, 5.74) is 3.04. The molecule has 176 valence electrons. The monoisotopic (exact) mass is 477 g/mol. The third-order valence-corrected chi connectivity index (χ3v) is 6.22. The Kier molecular flexibility index (Phi) is 7.50. The van der Waals surface area contributed by atoms with Gasteiger partial charge < -0.3 is 10.2 Å². The van der Waals surface area contributed by atoms with E-state index in [9.17, 15) is 15.4 Å². The van der Waals surface area contributed by atoms with Crippen molar-refractivity contribution in [2.45, 2.75) is 45.1 Å². The number of aromatic hydroxyl groups is 2. The van der Waals surface area contributed by atoms with Gasteiger partial charge >= 0.3 is 0 Å². The molecule has 0 aliphatic carbocycles. The molecule has 0 fully saturated rings. The summed E-state index contributed by atoms with van der Waals surface area (Å²) < 4.78 is 0. The van der Waals surface area contributed by atoms with Gasteiger partial charge in [0.2, 0.25) is 0 Å². The first-order valence-corrected chi connectivity index (χ1v) is 11.9. The SMILES string of the molecule is CCCCCCc1cc(C2C(c3ccccc3)=NN=C(c3ccc(Cl)cc3)N2O)c(O)cc1O. The van der Waals surface area contributed by atoms with E-state index >= 15 is 0 Å². The molecular formula is C27H28ClN3O3. The van der Waals surface area contributed by atoms with Crippen LogP contribution in [0.3, 0.4) is 0 Å². The summed E-state index contributed by atoms with van der Waals surface area (Å²) >= 11 is 6.03. The molecule has 6 nitrogen and oxygen atoms in total. The smallest absolute Gasteiger partial charge is 0.182 e. The molecule has 0 saturated carbocycles. The Bertz CT molecular complexity index is 1190. The van der Waals surface area contributed by atoms with Crippen LogP contribution in [0.2, 0.25) is 5.02 Å². The van der Waals surface area contributed by atoms with Crippen molar-refractivity contribution in [1.29, 1.82) is 0 Å². The first-order valence-electron chi connectivity index (χ1n) is 11.5. The Hall–Kier alpha value is -3.35. The van der Waals surface area contributed by atoms with Crippen molar-refractivity contribution in [2.75, 3.05) is 0 Å². The fourth-order valence-corrected chi connectivity index (χ4v) is 4.26. The summed E-state index contributed by atoms with van der Waals surface area (Å²) in [6, 6.07) is 18.6. The Morgan fingerprint density at radius 2 is 1.59 bits per heavy atom. The number of halogens is 1. The zero-order valence-electron chi connectivity index (χ0n) is 19.0. The van der Waals surface area contributed by atoms with Gasteiger partial charge in [0.05, 0.1) is 0 Å². The molecule has 0 amide bonds. The van der Waals surface area contributed by atoms with Crippen LogP contribution < -0.4 is 0 Å². The van der Waals surface area contributed by atoms with Crippen LogP contribution in [0.5, 0.6) is 11.5 Å². The molecule has 0 spiro atoms. The standard InChI is InChI=1S/C27H28ClN3O3/c1-2-3-4-6-11-20-16-22(24(33)17-23(20)32)26-25(18-9-7-5-8-10-18)29-30-27(31(26)34)19-12-14-21(28)15-13-19/h5,7-10,12-17,26,32-34H,2-4,6,11H2,1H3. The maximum atomic E-state index is 11.4. The molecule has 7 heteroatoms. The predicted molar refractivity (Wildman–Crippen MR) is 135 cm³/mol. The third kappa shape index (κ3) is 5.08. The number of rotatable bonds is 8. The summed E-state index contributed by atoms with van der Waals surface area (Å²) in [5, 5.41) is 43.0. The summed E-state index contributed by atoms with van der Waals surface area (Å²) in [6.45, 7) is 2.15. The summed E-state index contributed by atoms with van der Waals surface area (Å²) in [6.07, 6.45) is 4.91. The number of phenols is 2. The highest BCUT2D eigenvalue weighted by Gasteiger charge is 2.35. The van der Waals surface area contributed by atoms with E-state index in [0.29, 0.717) is 28.3 Å². The van der Waals surface area contributed by atoms with E-state index in [4.69, 9.17) is 11.6 Å². The molecular weight excluding hydrogens is 450 g/mol. The maximum Gasteiger partial charge on any atom is 0.182 e. The van der Waals surface area contributed by atoms with Gasteiger partial charge in [0.25, 0.3) is 0 Å². The number of phenolic OH excluding ortho intramolecular Hbond substituents is 2. The molecule has 34 heavy (non-hydrogen) atoms. The topological polar surface area (TPSA) is 88.7 Å². The van der Waals surface area contributed by atoms with E-state index in [-0.39, 0.29) is 17.3 Å². The van der Waals surface area contributed by atoms with Crippen LogP contribution in [0.25, 0.3) is 0 Å². The molecule has 3 aromatic rings. The van der Waals surface area contributed by atoms with E-state index in [1.165, 1.54) is 6.07 Å². The molecule has 1 aliphatic rings. The van der Waals surface area contributed by atoms with Crippen LogP contribution in [0, 0.1) is 0 Å². The van der Waals surface area contributed by atoms with Gasteiger partial charge in [0.1, 0.15) is 23.3 Å². The summed E-state index contributed by atoms with van der Waals surface area (Å²) in [4.78, 5) is 0. The number of nitrogens with zero attached hydrogens (tertiary/aromatic N) is 3. The summed E-state index contributed by atoms with van der Waals surface area (Å²) in [7, 11) is 0. The molecule has 0 saturated heterocycles. The van der Waals surface area contributed by atoms with Gasteiger partial charge in [-0.25, -0.2) is 5.06 Å². The predicted octanol–water partition coefficient (Wildman–Crippen LogP) is 6.47. The number of amidine groups is 1. The van der Waals surface area contributed by atoms with Gasteiger partial charge in [-0.15, -0.1) is 5.10 Å².